The molecule has 2 aromatic carbocycles. The Morgan fingerprint density at radius 2 is 1.89 bits per heavy atom. The normalized spacial score (nSPS) is 11.9. The molecule has 1 atom stereocenters. The summed E-state index contributed by atoms with van der Waals surface area (Å²) in [6.45, 7) is 3.68. The summed E-state index contributed by atoms with van der Waals surface area (Å²) in [7, 11) is 1.94. The summed E-state index contributed by atoms with van der Waals surface area (Å²) in [4.78, 5) is 22.6. The fourth-order valence-electron chi connectivity index (χ4n) is 2.86. The topological polar surface area (TPSA) is 87.6 Å². The monoisotopic (exact) mass is 366 g/mol. The van der Waals surface area contributed by atoms with Gasteiger partial charge < -0.3 is 9.64 Å². The average Bonchev–Trinajstić information content (AvgIpc) is 2.70. The molecule has 0 spiro atoms. The van der Waals surface area contributed by atoms with Gasteiger partial charge in [0.15, 0.2) is 6.10 Å². The molecule has 7 nitrogen and oxygen atoms in total. The number of para-hydroxylation sites is 1. The molecule has 0 aliphatic heterocycles. The molecule has 0 aliphatic rings. The lowest BCUT2D eigenvalue weighted by molar-refractivity contribution is -0.136. The van der Waals surface area contributed by atoms with Gasteiger partial charge >= 0.3 is 0 Å². The van der Waals surface area contributed by atoms with Crippen LogP contribution in [0.1, 0.15) is 19.2 Å². The summed E-state index contributed by atoms with van der Waals surface area (Å²) < 4.78 is 5.63. The van der Waals surface area contributed by atoms with Crippen molar-refractivity contribution in [3.05, 3.63) is 54.4 Å². The summed E-state index contributed by atoms with van der Waals surface area (Å²) in [6.07, 6.45) is -0.299. The highest BCUT2D eigenvalue weighted by molar-refractivity contribution is 5.91. The van der Waals surface area contributed by atoms with Gasteiger partial charge in [-0.05, 0) is 49.7 Å². The SMILES string of the molecule is CCC(Oc1ccc(N(C)c2nc(C)nc3ccccc23)cc1)C(=O)NO. The molecule has 0 saturated heterocycles. The maximum atomic E-state index is 11.6. The molecule has 0 radical (unpaired) electrons. The third-order valence-corrected chi connectivity index (χ3v) is 4.29. The minimum absolute atomic E-state index is 0.445. The van der Waals surface area contributed by atoms with Crippen molar-refractivity contribution in [3.63, 3.8) is 0 Å². The molecule has 1 unspecified atom stereocenters. The fraction of sp³-hybridized carbons (Fsp3) is 0.250. The van der Waals surface area contributed by atoms with E-state index in [1.807, 2.05) is 62.2 Å². The smallest absolute Gasteiger partial charge is 0.284 e. The van der Waals surface area contributed by atoms with Gasteiger partial charge in [0.05, 0.1) is 5.52 Å². The summed E-state index contributed by atoms with van der Waals surface area (Å²) in [5.41, 5.74) is 3.44. The summed E-state index contributed by atoms with van der Waals surface area (Å²) in [5.74, 6) is 1.50. The van der Waals surface area contributed by atoms with Crippen molar-refractivity contribution < 1.29 is 14.7 Å². The number of aromatic nitrogens is 2. The lowest BCUT2D eigenvalue weighted by atomic mass is 10.2. The predicted octanol–water partition coefficient (Wildman–Crippen LogP) is 3.37. The second-order valence-corrected chi connectivity index (χ2v) is 6.16. The first-order chi connectivity index (χ1) is 13.0. The molecule has 1 heterocycles. The van der Waals surface area contributed by atoms with E-state index in [2.05, 4.69) is 9.97 Å². The minimum Gasteiger partial charge on any atom is -0.481 e. The van der Waals surface area contributed by atoms with Crippen LogP contribution in [0, 0.1) is 6.92 Å². The van der Waals surface area contributed by atoms with Crippen LogP contribution in [0.2, 0.25) is 0 Å². The molecule has 1 amide bonds. The van der Waals surface area contributed by atoms with E-state index in [-0.39, 0.29) is 0 Å². The molecule has 0 saturated carbocycles. The summed E-state index contributed by atoms with van der Waals surface area (Å²) in [5, 5.41) is 9.74. The number of carbonyl (C=O) groups is 1. The highest BCUT2D eigenvalue weighted by Gasteiger charge is 2.18. The number of hydrogen-bond donors (Lipinski definition) is 2. The zero-order chi connectivity index (χ0) is 19.4. The number of aryl methyl sites for hydroxylation is 1. The van der Waals surface area contributed by atoms with E-state index >= 15 is 0 Å². The van der Waals surface area contributed by atoms with Crippen LogP contribution in [-0.2, 0) is 4.79 Å². The number of rotatable bonds is 6. The third kappa shape index (κ3) is 3.98. The van der Waals surface area contributed by atoms with Crippen molar-refractivity contribution in [2.45, 2.75) is 26.4 Å². The number of nitrogens with zero attached hydrogens (tertiary/aromatic N) is 3. The third-order valence-electron chi connectivity index (χ3n) is 4.29. The van der Waals surface area contributed by atoms with E-state index < -0.39 is 12.0 Å². The van der Waals surface area contributed by atoms with E-state index in [1.165, 1.54) is 0 Å². The van der Waals surface area contributed by atoms with Crippen LogP contribution in [0.25, 0.3) is 10.9 Å². The lowest BCUT2D eigenvalue weighted by Crippen LogP contribution is -2.36. The number of carbonyl (C=O) groups excluding carboxylic acids is 1. The van der Waals surface area contributed by atoms with Gasteiger partial charge in [0.1, 0.15) is 17.4 Å². The molecule has 0 aliphatic carbocycles. The van der Waals surface area contributed by atoms with Crippen LogP contribution in [0.5, 0.6) is 5.75 Å². The van der Waals surface area contributed by atoms with Crippen LogP contribution in [0.4, 0.5) is 11.5 Å². The Bertz CT molecular complexity index is 944. The Hall–Kier alpha value is -3.19. The van der Waals surface area contributed by atoms with Crippen molar-refractivity contribution in [1.29, 1.82) is 0 Å². The predicted molar refractivity (Wildman–Crippen MR) is 103 cm³/mol. The number of benzene rings is 2. The number of hydroxylamine groups is 1. The number of hydrogen-bond acceptors (Lipinski definition) is 6. The Morgan fingerprint density at radius 1 is 1.19 bits per heavy atom. The van der Waals surface area contributed by atoms with Gasteiger partial charge in [-0.25, -0.2) is 15.4 Å². The highest BCUT2D eigenvalue weighted by atomic mass is 16.5. The molecular weight excluding hydrogens is 344 g/mol. The first-order valence-corrected chi connectivity index (χ1v) is 8.71. The molecule has 27 heavy (non-hydrogen) atoms. The van der Waals surface area contributed by atoms with Crippen molar-refractivity contribution in [2.24, 2.45) is 0 Å². The van der Waals surface area contributed by atoms with E-state index in [0.29, 0.717) is 18.0 Å². The average molecular weight is 366 g/mol. The van der Waals surface area contributed by atoms with Gasteiger partial charge in [0, 0.05) is 18.1 Å². The van der Waals surface area contributed by atoms with Gasteiger partial charge in [-0.15, -0.1) is 0 Å². The highest BCUT2D eigenvalue weighted by Crippen LogP contribution is 2.30. The molecular formula is C20H22N4O3. The maximum Gasteiger partial charge on any atom is 0.284 e. The minimum atomic E-state index is -0.743. The molecule has 7 heteroatoms. The number of fused-ring (bicyclic) bond motifs is 1. The van der Waals surface area contributed by atoms with Crippen LogP contribution in [0.15, 0.2) is 48.5 Å². The Kier molecular flexibility index (Phi) is 5.52. The van der Waals surface area contributed by atoms with Crippen LogP contribution >= 0.6 is 0 Å². The first kappa shape index (κ1) is 18.6. The zero-order valence-electron chi connectivity index (χ0n) is 15.5. The van der Waals surface area contributed by atoms with Crippen molar-refractivity contribution in [3.8, 4) is 5.75 Å². The molecule has 3 aromatic rings. The second kappa shape index (κ2) is 8.01. The van der Waals surface area contributed by atoms with Gasteiger partial charge in [0.25, 0.3) is 5.91 Å². The zero-order valence-corrected chi connectivity index (χ0v) is 15.5. The number of nitrogens with one attached hydrogen (secondary N) is 1. The Morgan fingerprint density at radius 3 is 2.56 bits per heavy atom. The van der Waals surface area contributed by atoms with Crippen molar-refractivity contribution >= 4 is 28.3 Å². The fourth-order valence-corrected chi connectivity index (χ4v) is 2.86. The molecule has 3 rings (SSSR count). The largest absolute Gasteiger partial charge is 0.481 e. The van der Waals surface area contributed by atoms with Gasteiger partial charge in [-0.1, -0.05) is 19.1 Å². The van der Waals surface area contributed by atoms with Crippen molar-refractivity contribution in [2.75, 3.05) is 11.9 Å². The van der Waals surface area contributed by atoms with Crippen LogP contribution < -0.4 is 15.1 Å². The molecule has 0 fully saturated rings. The van der Waals surface area contributed by atoms with Crippen molar-refractivity contribution in [1.82, 2.24) is 15.4 Å². The standard InChI is InChI=1S/C20H22N4O3/c1-4-18(20(25)23-26)27-15-11-9-14(10-12-15)24(3)19-16-7-5-6-8-17(16)21-13(2)22-19/h5-12,18,26H,4H2,1-3H3,(H,23,25). The van der Waals surface area contributed by atoms with Gasteiger partial charge in [-0.2, -0.15) is 0 Å². The molecule has 140 valence electrons. The first-order valence-electron chi connectivity index (χ1n) is 8.71. The quantitative estimate of drug-likeness (QED) is 0.514. The van der Waals surface area contributed by atoms with E-state index in [9.17, 15) is 4.79 Å². The number of anilines is 2. The van der Waals surface area contributed by atoms with E-state index in [0.717, 1.165) is 22.4 Å². The van der Waals surface area contributed by atoms with Crippen LogP contribution in [0.3, 0.4) is 0 Å². The van der Waals surface area contributed by atoms with Crippen LogP contribution in [-0.4, -0.2) is 34.2 Å². The van der Waals surface area contributed by atoms with Gasteiger partial charge in [0.2, 0.25) is 0 Å². The molecule has 0 bridgehead atoms. The summed E-state index contributed by atoms with van der Waals surface area (Å²) in [6, 6.07) is 15.2. The molecule has 1 aromatic heterocycles. The molecule has 2 N–H and O–H groups in total. The van der Waals surface area contributed by atoms with E-state index in [4.69, 9.17) is 9.94 Å². The Labute approximate surface area is 157 Å². The second-order valence-electron chi connectivity index (χ2n) is 6.16. The lowest BCUT2D eigenvalue weighted by Gasteiger charge is -2.21. The number of amides is 1. The summed E-state index contributed by atoms with van der Waals surface area (Å²) >= 11 is 0. The van der Waals surface area contributed by atoms with E-state index in [1.54, 1.807) is 17.6 Å². The van der Waals surface area contributed by atoms with Gasteiger partial charge in [-0.3, -0.25) is 10.0 Å². The number of ether oxygens (including phenoxy) is 1. The Balaban J connectivity index is 1.86. The maximum absolute atomic E-state index is 11.6.